The van der Waals surface area contributed by atoms with Crippen molar-refractivity contribution in [2.24, 2.45) is 0 Å². The molecule has 14 heavy (non-hydrogen) atoms. The molecule has 1 saturated heterocycles. The summed E-state index contributed by atoms with van der Waals surface area (Å²) in [5.74, 6) is -0.0232. The van der Waals surface area contributed by atoms with Gasteiger partial charge in [0.1, 0.15) is 6.10 Å². The van der Waals surface area contributed by atoms with Crippen LogP contribution in [0.1, 0.15) is 51.9 Å². The monoisotopic (exact) mass is 196 g/mol. The molecule has 1 fully saturated rings. The van der Waals surface area contributed by atoms with Crippen LogP contribution in [0.3, 0.4) is 0 Å². The van der Waals surface area contributed by atoms with Gasteiger partial charge in [0.25, 0.3) is 0 Å². The van der Waals surface area contributed by atoms with Gasteiger partial charge < -0.3 is 4.74 Å². The maximum Gasteiger partial charge on any atom is 0.306 e. The Morgan fingerprint density at radius 1 is 1.43 bits per heavy atom. The molecule has 1 aliphatic rings. The first-order valence-electron chi connectivity index (χ1n) is 5.67. The van der Waals surface area contributed by atoms with E-state index in [2.05, 4.69) is 19.1 Å². The van der Waals surface area contributed by atoms with Crippen molar-refractivity contribution in [3.05, 3.63) is 12.2 Å². The number of carbonyl (C=O) groups is 1. The van der Waals surface area contributed by atoms with Crippen molar-refractivity contribution in [3.8, 4) is 0 Å². The molecule has 1 unspecified atom stereocenters. The predicted molar refractivity (Wildman–Crippen MR) is 57.0 cm³/mol. The van der Waals surface area contributed by atoms with Crippen LogP contribution >= 0.6 is 0 Å². The molecule has 0 aliphatic carbocycles. The minimum atomic E-state index is -0.0232. The van der Waals surface area contributed by atoms with Crippen molar-refractivity contribution in [3.63, 3.8) is 0 Å². The quantitative estimate of drug-likeness (QED) is 0.370. The van der Waals surface area contributed by atoms with Crippen LogP contribution in [0.25, 0.3) is 0 Å². The van der Waals surface area contributed by atoms with E-state index < -0.39 is 0 Å². The molecule has 0 amide bonds. The Kier molecular flexibility index (Phi) is 5.35. The summed E-state index contributed by atoms with van der Waals surface area (Å²) in [6.07, 6.45) is 11.9. The van der Waals surface area contributed by atoms with E-state index in [0.29, 0.717) is 6.42 Å². The van der Waals surface area contributed by atoms with Crippen molar-refractivity contribution < 1.29 is 9.53 Å². The van der Waals surface area contributed by atoms with Gasteiger partial charge in [0, 0.05) is 6.42 Å². The van der Waals surface area contributed by atoms with Gasteiger partial charge in [-0.05, 0) is 25.7 Å². The molecule has 0 aromatic heterocycles. The van der Waals surface area contributed by atoms with Crippen molar-refractivity contribution in [2.45, 2.75) is 58.0 Å². The molecule has 1 heterocycles. The molecule has 1 atom stereocenters. The molecular formula is C12H20O2. The lowest BCUT2D eigenvalue weighted by molar-refractivity contribution is -0.141. The number of esters is 1. The van der Waals surface area contributed by atoms with E-state index in [-0.39, 0.29) is 12.1 Å². The largest absolute Gasteiger partial charge is 0.462 e. The maximum absolute atomic E-state index is 10.8. The lowest BCUT2D eigenvalue weighted by Crippen LogP contribution is -2.05. The molecule has 0 saturated carbocycles. The van der Waals surface area contributed by atoms with Gasteiger partial charge in [-0.2, -0.15) is 0 Å². The third kappa shape index (κ3) is 4.45. The molecule has 80 valence electrons. The zero-order chi connectivity index (χ0) is 10.2. The van der Waals surface area contributed by atoms with Crippen molar-refractivity contribution in [1.82, 2.24) is 0 Å². The Balaban J connectivity index is 1.98. The third-order valence-electron chi connectivity index (χ3n) is 2.51. The first-order valence-corrected chi connectivity index (χ1v) is 5.67. The minimum absolute atomic E-state index is 0.0232. The summed E-state index contributed by atoms with van der Waals surface area (Å²) in [6, 6.07) is 0. The van der Waals surface area contributed by atoms with E-state index >= 15 is 0 Å². The summed E-state index contributed by atoms with van der Waals surface area (Å²) >= 11 is 0. The average molecular weight is 196 g/mol. The van der Waals surface area contributed by atoms with Gasteiger partial charge in [0.05, 0.1) is 0 Å². The SMILES string of the molecule is CCCC/C=C\CCC1CCC(=O)O1. The van der Waals surface area contributed by atoms with E-state index in [4.69, 9.17) is 4.74 Å². The number of ether oxygens (including phenoxy) is 1. The zero-order valence-electron chi connectivity index (χ0n) is 9.00. The van der Waals surface area contributed by atoms with Crippen LogP contribution in [-0.4, -0.2) is 12.1 Å². The number of hydrogen-bond donors (Lipinski definition) is 0. The van der Waals surface area contributed by atoms with Crippen LogP contribution in [-0.2, 0) is 9.53 Å². The summed E-state index contributed by atoms with van der Waals surface area (Å²) in [7, 11) is 0. The Labute approximate surface area is 86.3 Å². The van der Waals surface area contributed by atoms with E-state index in [9.17, 15) is 4.79 Å². The van der Waals surface area contributed by atoms with Gasteiger partial charge in [0.15, 0.2) is 0 Å². The van der Waals surface area contributed by atoms with Crippen LogP contribution in [0.4, 0.5) is 0 Å². The summed E-state index contributed by atoms with van der Waals surface area (Å²) < 4.78 is 5.12. The molecular weight excluding hydrogens is 176 g/mol. The summed E-state index contributed by atoms with van der Waals surface area (Å²) in [5.41, 5.74) is 0. The fourth-order valence-electron chi connectivity index (χ4n) is 1.63. The number of allylic oxidation sites excluding steroid dienone is 2. The van der Waals surface area contributed by atoms with Crippen LogP contribution in [0, 0.1) is 0 Å². The highest BCUT2D eigenvalue weighted by atomic mass is 16.5. The van der Waals surface area contributed by atoms with Crippen LogP contribution in [0.15, 0.2) is 12.2 Å². The Hall–Kier alpha value is -0.790. The van der Waals surface area contributed by atoms with Gasteiger partial charge in [-0.25, -0.2) is 0 Å². The van der Waals surface area contributed by atoms with E-state index in [1.54, 1.807) is 0 Å². The zero-order valence-corrected chi connectivity index (χ0v) is 9.00. The standard InChI is InChI=1S/C12H20O2/c1-2-3-4-5-6-7-8-11-9-10-12(13)14-11/h5-6,11H,2-4,7-10H2,1H3/b6-5-. The average Bonchev–Trinajstić information content (AvgIpc) is 2.58. The first kappa shape index (κ1) is 11.3. The minimum Gasteiger partial charge on any atom is -0.462 e. The number of hydrogen-bond acceptors (Lipinski definition) is 2. The van der Waals surface area contributed by atoms with Crippen molar-refractivity contribution >= 4 is 5.97 Å². The van der Waals surface area contributed by atoms with Gasteiger partial charge in [-0.15, -0.1) is 0 Å². The number of cyclic esters (lactones) is 1. The molecule has 1 rings (SSSR count). The molecule has 0 bridgehead atoms. The van der Waals surface area contributed by atoms with Gasteiger partial charge in [-0.3, -0.25) is 4.79 Å². The molecule has 2 nitrogen and oxygen atoms in total. The van der Waals surface area contributed by atoms with E-state index in [0.717, 1.165) is 19.3 Å². The third-order valence-corrected chi connectivity index (χ3v) is 2.51. The van der Waals surface area contributed by atoms with Crippen molar-refractivity contribution in [1.29, 1.82) is 0 Å². The number of unbranched alkanes of at least 4 members (excludes halogenated alkanes) is 2. The lowest BCUT2D eigenvalue weighted by Gasteiger charge is -2.05. The Bertz CT molecular complexity index is 196. The lowest BCUT2D eigenvalue weighted by atomic mass is 10.1. The van der Waals surface area contributed by atoms with E-state index in [1.807, 2.05) is 0 Å². The molecule has 0 aromatic carbocycles. The van der Waals surface area contributed by atoms with Gasteiger partial charge in [0.2, 0.25) is 0 Å². The molecule has 0 N–H and O–H groups in total. The second-order valence-corrected chi connectivity index (χ2v) is 3.84. The normalized spacial score (nSPS) is 21.8. The fourth-order valence-corrected chi connectivity index (χ4v) is 1.63. The smallest absolute Gasteiger partial charge is 0.306 e. The Morgan fingerprint density at radius 3 is 2.86 bits per heavy atom. The first-order chi connectivity index (χ1) is 6.83. The second kappa shape index (κ2) is 6.63. The summed E-state index contributed by atoms with van der Waals surface area (Å²) in [6.45, 7) is 2.20. The number of carbonyl (C=O) groups excluding carboxylic acids is 1. The fraction of sp³-hybridized carbons (Fsp3) is 0.750. The van der Waals surface area contributed by atoms with Crippen molar-refractivity contribution in [2.75, 3.05) is 0 Å². The predicted octanol–water partition coefficient (Wildman–Crippen LogP) is 3.22. The highest BCUT2D eigenvalue weighted by Gasteiger charge is 2.21. The highest BCUT2D eigenvalue weighted by Crippen LogP contribution is 2.18. The topological polar surface area (TPSA) is 26.3 Å². The molecule has 0 radical (unpaired) electrons. The molecule has 1 aliphatic heterocycles. The summed E-state index contributed by atoms with van der Waals surface area (Å²) in [4.78, 5) is 10.8. The molecule has 2 heteroatoms. The highest BCUT2D eigenvalue weighted by molar-refractivity contribution is 5.71. The van der Waals surface area contributed by atoms with Crippen LogP contribution in [0.2, 0.25) is 0 Å². The number of rotatable bonds is 6. The molecule has 0 aromatic rings. The van der Waals surface area contributed by atoms with Crippen LogP contribution in [0.5, 0.6) is 0 Å². The van der Waals surface area contributed by atoms with Crippen LogP contribution < -0.4 is 0 Å². The summed E-state index contributed by atoms with van der Waals surface area (Å²) in [5, 5.41) is 0. The Morgan fingerprint density at radius 2 is 2.21 bits per heavy atom. The second-order valence-electron chi connectivity index (χ2n) is 3.84. The molecule has 0 spiro atoms. The van der Waals surface area contributed by atoms with E-state index in [1.165, 1.54) is 19.3 Å². The van der Waals surface area contributed by atoms with Gasteiger partial charge >= 0.3 is 5.97 Å². The van der Waals surface area contributed by atoms with Gasteiger partial charge in [-0.1, -0.05) is 31.9 Å². The maximum atomic E-state index is 10.8.